The fourth-order valence-corrected chi connectivity index (χ4v) is 3.89. The average molecular weight is 370 g/mol. The molecule has 7 nitrogen and oxygen atoms in total. The highest BCUT2D eigenvalue weighted by Crippen LogP contribution is 2.26. The van der Waals surface area contributed by atoms with Crippen molar-refractivity contribution in [1.82, 2.24) is 15.2 Å². The first-order valence-electron chi connectivity index (χ1n) is 9.87. The summed E-state index contributed by atoms with van der Waals surface area (Å²) in [5.74, 6) is 0.201. The number of fused-ring (bicyclic) bond motifs is 1. The molecule has 7 heteroatoms. The molecular formula is C20H26N4O3. The van der Waals surface area contributed by atoms with Gasteiger partial charge in [0, 0.05) is 45.1 Å². The van der Waals surface area contributed by atoms with Crippen molar-refractivity contribution in [2.45, 2.75) is 32.1 Å². The van der Waals surface area contributed by atoms with Gasteiger partial charge in [0.15, 0.2) is 5.58 Å². The van der Waals surface area contributed by atoms with Crippen LogP contribution in [0.15, 0.2) is 28.7 Å². The summed E-state index contributed by atoms with van der Waals surface area (Å²) in [6.45, 7) is 3.65. The van der Waals surface area contributed by atoms with Crippen LogP contribution in [0.2, 0.25) is 0 Å². The van der Waals surface area contributed by atoms with Crippen LogP contribution in [0.3, 0.4) is 0 Å². The van der Waals surface area contributed by atoms with E-state index in [1.165, 1.54) is 0 Å². The third-order valence-corrected chi connectivity index (χ3v) is 5.52. The number of hydrogen-bond acceptors (Lipinski definition) is 5. The fourth-order valence-electron chi connectivity index (χ4n) is 3.89. The molecule has 2 fully saturated rings. The van der Waals surface area contributed by atoms with Gasteiger partial charge in [-0.1, -0.05) is 12.1 Å². The fraction of sp³-hybridized carbons (Fsp3) is 0.550. The summed E-state index contributed by atoms with van der Waals surface area (Å²) < 4.78 is 5.82. The molecule has 1 aromatic carbocycles. The molecule has 0 radical (unpaired) electrons. The number of hydrogen-bond donors (Lipinski definition) is 1. The Balaban J connectivity index is 1.22. The van der Waals surface area contributed by atoms with Crippen LogP contribution in [0, 0.1) is 5.92 Å². The van der Waals surface area contributed by atoms with Gasteiger partial charge in [-0.15, -0.1) is 0 Å². The molecule has 0 unspecified atom stereocenters. The molecule has 2 aromatic rings. The maximum absolute atomic E-state index is 12.4. The number of nitrogens with zero attached hydrogens (tertiary/aromatic N) is 3. The van der Waals surface area contributed by atoms with E-state index in [-0.39, 0.29) is 17.7 Å². The van der Waals surface area contributed by atoms with Gasteiger partial charge in [0.05, 0.1) is 0 Å². The SMILES string of the molecule is O=C(NCCC(=O)N1CCCC1)C1CCN(c2nc3ccccc3o2)CC1. The number of oxazole rings is 1. The van der Waals surface area contributed by atoms with Crippen molar-refractivity contribution >= 4 is 28.9 Å². The number of carbonyl (C=O) groups excluding carboxylic acids is 2. The first-order chi connectivity index (χ1) is 13.2. The van der Waals surface area contributed by atoms with Crippen LogP contribution in [0.1, 0.15) is 32.1 Å². The normalized spacial score (nSPS) is 18.2. The molecule has 0 saturated carbocycles. The molecule has 1 aromatic heterocycles. The summed E-state index contributed by atoms with van der Waals surface area (Å²) >= 11 is 0. The van der Waals surface area contributed by atoms with Crippen molar-refractivity contribution in [3.8, 4) is 0 Å². The number of likely N-dealkylation sites (tertiary alicyclic amines) is 1. The van der Waals surface area contributed by atoms with E-state index in [0.29, 0.717) is 19.0 Å². The van der Waals surface area contributed by atoms with Crippen LogP contribution in [0.5, 0.6) is 0 Å². The molecule has 0 aliphatic carbocycles. The highest BCUT2D eigenvalue weighted by molar-refractivity contribution is 5.81. The van der Waals surface area contributed by atoms with Crippen LogP contribution >= 0.6 is 0 Å². The highest BCUT2D eigenvalue weighted by Gasteiger charge is 2.27. The van der Waals surface area contributed by atoms with Crippen molar-refractivity contribution in [2.24, 2.45) is 5.92 Å². The van der Waals surface area contributed by atoms with Gasteiger partial charge in [-0.05, 0) is 37.8 Å². The van der Waals surface area contributed by atoms with Crippen molar-refractivity contribution in [1.29, 1.82) is 0 Å². The zero-order valence-corrected chi connectivity index (χ0v) is 15.5. The second-order valence-corrected chi connectivity index (χ2v) is 7.35. The molecule has 27 heavy (non-hydrogen) atoms. The number of amides is 2. The van der Waals surface area contributed by atoms with E-state index < -0.39 is 0 Å². The number of para-hydroxylation sites is 2. The summed E-state index contributed by atoms with van der Waals surface area (Å²) in [7, 11) is 0. The van der Waals surface area contributed by atoms with Crippen LogP contribution in [0.4, 0.5) is 6.01 Å². The van der Waals surface area contributed by atoms with Crippen LogP contribution in [-0.4, -0.2) is 54.4 Å². The second kappa shape index (κ2) is 7.98. The minimum atomic E-state index is -0.00693. The van der Waals surface area contributed by atoms with Crippen molar-refractivity contribution < 1.29 is 14.0 Å². The number of rotatable bonds is 5. The average Bonchev–Trinajstić information content (AvgIpc) is 3.37. The topological polar surface area (TPSA) is 78.7 Å². The Morgan fingerprint density at radius 3 is 2.59 bits per heavy atom. The van der Waals surface area contributed by atoms with Crippen molar-refractivity contribution in [3.05, 3.63) is 24.3 Å². The summed E-state index contributed by atoms with van der Waals surface area (Å²) in [6.07, 6.45) is 4.12. The van der Waals surface area contributed by atoms with Gasteiger partial charge < -0.3 is 19.5 Å². The highest BCUT2D eigenvalue weighted by atomic mass is 16.4. The molecule has 144 valence electrons. The van der Waals surface area contributed by atoms with Gasteiger partial charge in [-0.25, -0.2) is 0 Å². The minimum absolute atomic E-state index is 0.00693. The van der Waals surface area contributed by atoms with Crippen LogP contribution < -0.4 is 10.2 Å². The quantitative estimate of drug-likeness (QED) is 0.873. The van der Waals surface area contributed by atoms with Gasteiger partial charge in [-0.2, -0.15) is 4.98 Å². The number of nitrogens with one attached hydrogen (secondary N) is 1. The lowest BCUT2D eigenvalue weighted by Gasteiger charge is -2.30. The van der Waals surface area contributed by atoms with Gasteiger partial charge in [0.1, 0.15) is 5.52 Å². The van der Waals surface area contributed by atoms with E-state index in [4.69, 9.17) is 4.42 Å². The third-order valence-electron chi connectivity index (χ3n) is 5.52. The Labute approximate surface area is 158 Å². The van der Waals surface area contributed by atoms with Gasteiger partial charge in [-0.3, -0.25) is 9.59 Å². The number of anilines is 1. The minimum Gasteiger partial charge on any atom is -0.423 e. The number of carbonyl (C=O) groups is 2. The summed E-state index contributed by atoms with van der Waals surface area (Å²) in [5.41, 5.74) is 1.64. The third kappa shape index (κ3) is 4.07. The molecule has 1 N–H and O–H groups in total. The lowest BCUT2D eigenvalue weighted by molar-refractivity contribution is -0.130. The number of aromatic nitrogens is 1. The Kier molecular flexibility index (Phi) is 5.27. The largest absolute Gasteiger partial charge is 0.423 e. The Morgan fingerprint density at radius 2 is 1.85 bits per heavy atom. The Morgan fingerprint density at radius 1 is 1.11 bits per heavy atom. The monoisotopic (exact) mass is 370 g/mol. The first kappa shape index (κ1) is 17.8. The van der Waals surface area contributed by atoms with E-state index in [1.54, 1.807) is 0 Å². The molecule has 0 atom stereocenters. The van der Waals surface area contributed by atoms with E-state index in [0.717, 1.165) is 63.0 Å². The van der Waals surface area contributed by atoms with E-state index in [2.05, 4.69) is 15.2 Å². The molecule has 4 rings (SSSR count). The summed E-state index contributed by atoms with van der Waals surface area (Å²) in [4.78, 5) is 32.9. The molecular weight excluding hydrogens is 344 g/mol. The maximum atomic E-state index is 12.4. The van der Waals surface area contributed by atoms with Crippen molar-refractivity contribution in [3.63, 3.8) is 0 Å². The zero-order chi connectivity index (χ0) is 18.6. The molecule has 0 bridgehead atoms. The molecule has 2 amide bonds. The predicted molar refractivity (Wildman–Crippen MR) is 102 cm³/mol. The summed E-state index contributed by atoms with van der Waals surface area (Å²) in [6, 6.07) is 8.36. The lowest BCUT2D eigenvalue weighted by Crippen LogP contribution is -2.41. The standard InChI is InChI=1S/C20H26N4O3/c25-18(23-11-3-4-12-23)7-10-21-19(26)15-8-13-24(14-9-15)20-22-16-5-1-2-6-17(16)27-20/h1-2,5-6,15H,3-4,7-14H2,(H,21,26). The van der Waals surface area contributed by atoms with E-state index in [1.807, 2.05) is 29.2 Å². The van der Waals surface area contributed by atoms with Gasteiger partial charge >= 0.3 is 0 Å². The number of piperidine rings is 1. The van der Waals surface area contributed by atoms with Crippen molar-refractivity contribution in [2.75, 3.05) is 37.6 Å². The number of benzene rings is 1. The predicted octanol–water partition coefficient (Wildman–Crippen LogP) is 2.17. The van der Waals surface area contributed by atoms with Crippen LogP contribution in [0.25, 0.3) is 11.1 Å². The molecule has 2 aliphatic rings. The van der Waals surface area contributed by atoms with Gasteiger partial charge in [0.2, 0.25) is 11.8 Å². The van der Waals surface area contributed by atoms with Gasteiger partial charge in [0.25, 0.3) is 6.01 Å². The Hall–Kier alpha value is -2.57. The van der Waals surface area contributed by atoms with E-state index >= 15 is 0 Å². The molecule has 0 spiro atoms. The van der Waals surface area contributed by atoms with E-state index in [9.17, 15) is 9.59 Å². The first-order valence-corrected chi connectivity index (χ1v) is 9.87. The second-order valence-electron chi connectivity index (χ2n) is 7.35. The lowest BCUT2D eigenvalue weighted by atomic mass is 9.96. The molecule has 2 aliphatic heterocycles. The smallest absolute Gasteiger partial charge is 0.298 e. The zero-order valence-electron chi connectivity index (χ0n) is 15.5. The molecule has 2 saturated heterocycles. The van der Waals surface area contributed by atoms with Crippen LogP contribution in [-0.2, 0) is 9.59 Å². The maximum Gasteiger partial charge on any atom is 0.298 e. The molecule has 3 heterocycles. The summed E-state index contributed by atoms with van der Waals surface area (Å²) in [5, 5.41) is 2.94. The Bertz CT molecular complexity index is 771.